The Bertz CT molecular complexity index is 218. The summed E-state index contributed by atoms with van der Waals surface area (Å²) in [6.07, 6.45) is 0.0193. The highest BCUT2D eigenvalue weighted by Gasteiger charge is 2.23. The fourth-order valence-corrected chi connectivity index (χ4v) is 0.659. The van der Waals surface area contributed by atoms with E-state index < -0.39 is 16.3 Å². The molecule has 0 bridgehead atoms. The summed E-state index contributed by atoms with van der Waals surface area (Å²) in [5.41, 5.74) is 0. The second-order valence-electron chi connectivity index (χ2n) is 2.08. The van der Waals surface area contributed by atoms with Crippen LogP contribution in [0.4, 0.5) is 0 Å². The lowest BCUT2D eigenvalue weighted by Crippen LogP contribution is -2.40. The van der Waals surface area contributed by atoms with Crippen LogP contribution in [0.1, 0.15) is 6.92 Å². The van der Waals surface area contributed by atoms with E-state index in [0.717, 1.165) is 0 Å². The normalized spacial score (nSPS) is 11.5. The van der Waals surface area contributed by atoms with Gasteiger partial charge in [0.1, 0.15) is 0 Å². The molecule has 0 aliphatic heterocycles. The number of hydrogen-bond donors (Lipinski definition) is 0. The number of rotatable bonds is 6. The molecular weight excluding hydrogens is 182 g/mol. The van der Waals surface area contributed by atoms with Crippen molar-refractivity contribution in [1.29, 1.82) is 0 Å². The highest BCUT2D eigenvalue weighted by atomic mass is 17.0. The SMILES string of the molecule is C=CCN(C(C)O[N+](=O)[O-])[N+](=O)[O-]. The van der Waals surface area contributed by atoms with Crippen LogP contribution in [-0.2, 0) is 4.84 Å². The highest BCUT2D eigenvalue weighted by Crippen LogP contribution is 2.00. The second-order valence-corrected chi connectivity index (χ2v) is 2.08. The molecule has 74 valence electrons. The van der Waals surface area contributed by atoms with Gasteiger partial charge in [0.25, 0.3) is 5.09 Å². The minimum Gasteiger partial charge on any atom is -0.283 e. The van der Waals surface area contributed by atoms with E-state index >= 15 is 0 Å². The smallest absolute Gasteiger partial charge is 0.283 e. The van der Waals surface area contributed by atoms with E-state index in [1.807, 2.05) is 0 Å². The van der Waals surface area contributed by atoms with Crippen LogP contribution in [0, 0.1) is 20.2 Å². The van der Waals surface area contributed by atoms with Crippen LogP contribution in [0.15, 0.2) is 12.7 Å². The van der Waals surface area contributed by atoms with Gasteiger partial charge < -0.3 is 0 Å². The lowest BCUT2D eigenvalue weighted by atomic mass is 10.5. The molecule has 0 N–H and O–H groups in total. The molecule has 0 spiro atoms. The molecule has 0 amide bonds. The van der Waals surface area contributed by atoms with Gasteiger partial charge >= 0.3 is 0 Å². The monoisotopic (exact) mass is 191 g/mol. The van der Waals surface area contributed by atoms with Crippen LogP contribution in [0.3, 0.4) is 0 Å². The Balaban J connectivity index is 4.26. The molecule has 0 rings (SSSR count). The third-order valence-corrected chi connectivity index (χ3v) is 1.18. The minimum atomic E-state index is -1.23. The lowest BCUT2D eigenvalue weighted by Gasteiger charge is -2.17. The van der Waals surface area contributed by atoms with Crippen molar-refractivity contribution in [3.8, 4) is 0 Å². The quantitative estimate of drug-likeness (QED) is 0.257. The first kappa shape index (κ1) is 11.1. The number of hydrogen-bond acceptors (Lipinski definition) is 5. The van der Waals surface area contributed by atoms with Crippen LogP contribution in [-0.4, -0.2) is 27.9 Å². The van der Waals surface area contributed by atoms with E-state index in [4.69, 9.17) is 0 Å². The van der Waals surface area contributed by atoms with Crippen LogP contribution >= 0.6 is 0 Å². The fraction of sp³-hybridized carbons (Fsp3) is 0.600. The summed E-state index contributed by atoms with van der Waals surface area (Å²) >= 11 is 0. The molecule has 0 aromatic heterocycles. The fourth-order valence-electron chi connectivity index (χ4n) is 0.659. The van der Waals surface area contributed by atoms with E-state index in [1.165, 1.54) is 13.0 Å². The molecule has 0 saturated carbocycles. The molecule has 0 aromatic rings. The predicted octanol–water partition coefficient (Wildman–Crippen LogP) is 0.220. The van der Waals surface area contributed by atoms with Crippen molar-refractivity contribution < 1.29 is 15.0 Å². The van der Waals surface area contributed by atoms with Crippen molar-refractivity contribution in [2.75, 3.05) is 6.54 Å². The Morgan fingerprint density at radius 2 is 2.15 bits per heavy atom. The molecule has 0 fully saturated rings. The number of nitrogens with zero attached hydrogens (tertiary/aromatic N) is 3. The summed E-state index contributed by atoms with van der Waals surface area (Å²) in [6.45, 7) is 4.35. The topological polar surface area (TPSA) is 98.8 Å². The zero-order chi connectivity index (χ0) is 10.4. The first-order chi connectivity index (χ1) is 5.99. The van der Waals surface area contributed by atoms with Crippen LogP contribution in [0.5, 0.6) is 0 Å². The Morgan fingerprint density at radius 3 is 2.46 bits per heavy atom. The molecule has 0 aliphatic rings. The van der Waals surface area contributed by atoms with Crippen molar-refractivity contribution in [2.45, 2.75) is 13.2 Å². The molecule has 1 unspecified atom stereocenters. The van der Waals surface area contributed by atoms with Crippen molar-refractivity contribution >= 4 is 0 Å². The van der Waals surface area contributed by atoms with Crippen molar-refractivity contribution in [1.82, 2.24) is 5.01 Å². The Kier molecular flexibility index (Phi) is 4.20. The molecule has 8 heteroatoms. The van der Waals surface area contributed by atoms with E-state index in [1.54, 1.807) is 0 Å². The Morgan fingerprint density at radius 1 is 1.62 bits per heavy atom. The third kappa shape index (κ3) is 3.89. The molecule has 13 heavy (non-hydrogen) atoms. The largest absolute Gasteiger partial charge is 0.296 e. The summed E-state index contributed by atoms with van der Waals surface area (Å²) in [4.78, 5) is 24.1. The van der Waals surface area contributed by atoms with Gasteiger partial charge in [-0.3, -0.25) is 4.84 Å². The highest BCUT2D eigenvalue weighted by molar-refractivity contribution is 4.69. The molecule has 0 aliphatic carbocycles. The molecule has 0 aromatic carbocycles. The van der Waals surface area contributed by atoms with E-state index in [-0.39, 0.29) is 6.54 Å². The maximum Gasteiger partial charge on any atom is 0.296 e. The molecule has 0 heterocycles. The summed E-state index contributed by atoms with van der Waals surface area (Å²) in [7, 11) is 0. The molecule has 0 radical (unpaired) electrons. The van der Waals surface area contributed by atoms with Crippen molar-refractivity contribution in [2.24, 2.45) is 0 Å². The van der Waals surface area contributed by atoms with Gasteiger partial charge in [-0.2, -0.15) is 0 Å². The Labute approximate surface area is 73.6 Å². The van der Waals surface area contributed by atoms with Gasteiger partial charge in [-0.1, -0.05) is 11.1 Å². The minimum absolute atomic E-state index is 0.123. The average molecular weight is 191 g/mol. The van der Waals surface area contributed by atoms with E-state index in [0.29, 0.717) is 5.01 Å². The standard InChI is InChI=1S/C5H9N3O5/c1-3-4-6(7(9)10)5(2)13-8(11)12/h3,5H,1,4H2,2H3. The van der Waals surface area contributed by atoms with Gasteiger partial charge in [-0.05, 0) is 6.92 Å². The first-order valence-corrected chi connectivity index (χ1v) is 3.32. The average Bonchev–Trinajstić information content (AvgIpc) is 1.97. The summed E-state index contributed by atoms with van der Waals surface area (Å²) in [5, 5.41) is 18.8. The van der Waals surface area contributed by atoms with E-state index in [9.17, 15) is 20.2 Å². The summed E-state index contributed by atoms with van der Waals surface area (Å²) < 4.78 is 0. The maximum absolute atomic E-state index is 10.3. The zero-order valence-electron chi connectivity index (χ0n) is 6.95. The lowest BCUT2D eigenvalue weighted by molar-refractivity contribution is -0.802. The first-order valence-electron chi connectivity index (χ1n) is 3.32. The van der Waals surface area contributed by atoms with Crippen LogP contribution in [0.2, 0.25) is 0 Å². The van der Waals surface area contributed by atoms with Crippen molar-refractivity contribution in [3.05, 3.63) is 32.9 Å². The van der Waals surface area contributed by atoms with Gasteiger partial charge in [-0.25, -0.2) is 10.1 Å². The number of hydrazine groups is 1. The zero-order valence-corrected chi connectivity index (χ0v) is 6.95. The number of nitro groups is 1. The molecule has 0 saturated heterocycles. The Hall–Kier alpha value is -1.86. The third-order valence-electron chi connectivity index (χ3n) is 1.18. The maximum atomic E-state index is 10.3. The second kappa shape index (κ2) is 4.91. The van der Waals surface area contributed by atoms with Crippen LogP contribution in [0.25, 0.3) is 0 Å². The van der Waals surface area contributed by atoms with Gasteiger partial charge in [0.2, 0.25) is 6.23 Å². The predicted molar refractivity (Wildman–Crippen MR) is 41.4 cm³/mol. The van der Waals surface area contributed by atoms with Crippen molar-refractivity contribution in [3.63, 3.8) is 0 Å². The molecule has 8 nitrogen and oxygen atoms in total. The van der Waals surface area contributed by atoms with E-state index in [2.05, 4.69) is 11.4 Å². The summed E-state index contributed by atoms with van der Waals surface area (Å²) in [5.74, 6) is 0. The van der Waals surface area contributed by atoms with Gasteiger partial charge in [0.15, 0.2) is 5.03 Å². The van der Waals surface area contributed by atoms with Gasteiger partial charge in [0.05, 0.1) is 6.54 Å². The summed E-state index contributed by atoms with van der Waals surface area (Å²) in [6, 6.07) is 0. The van der Waals surface area contributed by atoms with Crippen LogP contribution < -0.4 is 0 Å². The van der Waals surface area contributed by atoms with Gasteiger partial charge in [-0.15, -0.1) is 16.7 Å². The molecular formula is C5H9N3O5. The molecule has 1 atom stereocenters. The van der Waals surface area contributed by atoms with Gasteiger partial charge in [0, 0.05) is 0 Å².